The van der Waals surface area contributed by atoms with Gasteiger partial charge in [0.05, 0.1) is 18.5 Å². The Morgan fingerprint density at radius 1 is 1.00 bits per heavy atom. The number of ether oxygens (including phenoxy) is 1. The Morgan fingerprint density at radius 3 is 2.63 bits per heavy atom. The number of imidazole rings is 1. The number of pyridine rings is 1. The Hall–Kier alpha value is -3.39. The molecular formula is C19H14F2N4O2. The van der Waals surface area contributed by atoms with Crippen LogP contribution in [0.15, 0.2) is 55.1 Å². The highest BCUT2D eigenvalue weighted by Gasteiger charge is 2.10. The largest absolute Gasteiger partial charge is 0.471 e. The number of aromatic nitrogens is 4. The number of halogens is 2. The van der Waals surface area contributed by atoms with Crippen LogP contribution in [0, 0.1) is 11.6 Å². The summed E-state index contributed by atoms with van der Waals surface area (Å²) in [5.74, 6) is -0.0822. The lowest BCUT2D eigenvalue weighted by Crippen LogP contribution is -1.97. The van der Waals surface area contributed by atoms with Crippen molar-refractivity contribution in [2.45, 2.75) is 13.2 Å². The van der Waals surface area contributed by atoms with Gasteiger partial charge in [-0.1, -0.05) is 6.07 Å². The SMILES string of the molecule is OCc1cc(F)ccc1-c1cnc2nc(COc3ccc(F)cn3)cn2c1. The molecule has 0 amide bonds. The van der Waals surface area contributed by atoms with Gasteiger partial charge in [0.1, 0.15) is 18.2 Å². The van der Waals surface area contributed by atoms with E-state index in [0.29, 0.717) is 28.5 Å². The minimum atomic E-state index is -0.435. The molecule has 0 aliphatic carbocycles. The molecule has 0 bridgehead atoms. The maximum absolute atomic E-state index is 13.4. The van der Waals surface area contributed by atoms with Crippen LogP contribution >= 0.6 is 0 Å². The van der Waals surface area contributed by atoms with Gasteiger partial charge in [-0.25, -0.2) is 23.7 Å². The number of hydrogen-bond acceptors (Lipinski definition) is 5. The van der Waals surface area contributed by atoms with Crippen LogP contribution in [0.1, 0.15) is 11.3 Å². The summed E-state index contributed by atoms with van der Waals surface area (Å²) in [4.78, 5) is 12.5. The third-order valence-electron chi connectivity index (χ3n) is 3.98. The lowest BCUT2D eigenvalue weighted by atomic mass is 10.0. The summed E-state index contributed by atoms with van der Waals surface area (Å²) in [5.41, 5.74) is 2.50. The zero-order valence-corrected chi connectivity index (χ0v) is 14.0. The molecule has 4 aromatic rings. The van der Waals surface area contributed by atoms with E-state index in [4.69, 9.17) is 4.74 Å². The molecule has 0 spiro atoms. The molecule has 4 rings (SSSR count). The Balaban J connectivity index is 1.59. The topological polar surface area (TPSA) is 72.5 Å². The van der Waals surface area contributed by atoms with E-state index < -0.39 is 11.6 Å². The highest BCUT2D eigenvalue weighted by molar-refractivity contribution is 5.66. The van der Waals surface area contributed by atoms with Gasteiger partial charge in [-0.15, -0.1) is 0 Å². The second-order valence-electron chi connectivity index (χ2n) is 5.85. The number of hydrogen-bond donors (Lipinski definition) is 1. The summed E-state index contributed by atoms with van der Waals surface area (Å²) in [6.07, 6.45) is 6.23. The van der Waals surface area contributed by atoms with Crippen molar-refractivity contribution in [1.29, 1.82) is 0 Å². The average molecular weight is 368 g/mol. The fourth-order valence-corrected chi connectivity index (χ4v) is 2.71. The highest BCUT2D eigenvalue weighted by atomic mass is 19.1. The molecule has 0 radical (unpaired) electrons. The average Bonchev–Trinajstić information content (AvgIpc) is 3.09. The van der Waals surface area contributed by atoms with E-state index in [1.54, 1.807) is 29.1 Å². The molecule has 0 saturated carbocycles. The zero-order valence-electron chi connectivity index (χ0n) is 14.0. The standard InChI is InChI=1S/C19H14F2N4O2/c20-14-1-3-17(12(5-14)10-26)13-6-23-19-24-16(9-25(19)8-13)11-27-18-4-2-15(21)7-22-18/h1-9,26H,10-11H2. The third-order valence-corrected chi connectivity index (χ3v) is 3.98. The number of fused-ring (bicyclic) bond motifs is 1. The van der Waals surface area contributed by atoms with E-state index in [2.05, 4.69) is 15.0 Å². The van der Waals surface area contributed by atoms with Gasteiger partial charge in [0.2, 0.25) is 11.7 Å². The van der Waals surface area contributed by atoms with Gasteiger partial charge in [0.15, 0.2) is 0 Å². The predicted molar refractivity (Wildman–Crippen MR) is 92.8 cm³/mol. The first-order chi connectivity index (χ1) is 13.1. The fraction of sp³-hybridized carbons (Fsp3) is 0.105. The van der Waals surface area contributed by atoms with E-state index in [1.165, 1.54) is 24.3 Å². The van der Waals surface area contributed by atoms with E-state index >= 15 is 0 Å². The van der Waals surface area contributed by atoms with Crippen molar-refractivity contribution in [3.05, 3.63) is 78.0 Å². The monoisotopic (exact) mass is 368 g/mol. The van der Waals surface area contributed by atoms with Gasteiger partial charge in [-0.3, -0.25) is 4.40 Å². The first-order valence-corrected chi connectivity index (χ1v) is 8.10. The summed E-state index contributed by atoms with van der Waals surface area (Å²) < 4.78 is 33.4. The van der Waals surface area contributed by atoms with Crippen molar-refractivity contribution in [2.75, 3.05) is 0 Å². The fourth-order valence-electron chi connectivity index (χ4n) is 2.71. The quantitative estimate of drug-likeness (QED) is 0.586. The smallest absolute Gasteiger partial charge is 0.234 e. The van der Waals surface area contributed by atoms with Crippen LogP contribution in [-0.2, 0) is 13.2 Å². The summed E-state index contributed by atoms with van der Waals surface area (Å²) in [7, 11) is 0. The molecule has 8 heteroatoms. The van der Waals surface area contributed by atoms with Crippen LogP contribution in [0.2, 0.25) is 0 Å². The lowest BCUT2D eigenvalue weighted by Gasteiger charge is -2.07. The number of aliphatic hydroxyl groups excluding tert-OH is 1. The Morgan fingerprint density at radius 2 is 1.85 bits per heavy atom. The molecule has 0 saturated heterocycles. The van der Waals surface area contributed by atoms with Gasteiger partial charge < -0.3 is 9.84 Å². The van der Waals surface area contributed by atoms with Crippen molar-refractivity contribution in [3.8, 4) is 17.0 Å². The molecule has 1 aromatic carbocycles. The summed E-state index contributed by atoms with van der Waals surface area (Å²) >= 11 is 0. The van der Waals surface area contributed by atoms with E-state index in [0.717, 1.165) is 11.8 Å². The maximum atomic E-state index is 13.4. The predicted octanol–water partition coefficient (Wildman–Crippen LogP) is 3.14. The van der Waals surface area contributed by atoms with Crippen LogP contribution in [0.4, 0.5) is 8.78 Å². The molecule has 0 fully saturated rings. The van der Waals surface area contributed by atoms with Crippen LogP contribution in [0.3, 0.4) is 0 Å². The molecule has 3 aromatic heterocycles. The number of nitrogens with zero attached hydrogens (tertiary/aromatic N) is 4. The molecule has 0 unspecified atom stereocenters. The first kappa shape index (κ1) is 17.0. The van der Waals surface area contributed by atoms with Crippen LogP contribution < -0.4 is 4.74 Å². The second kappa shape index (κ2) is 7.08. The number of rotatable bonds is 5. The van der Waals surface area contributed by atoms with E-state index in [9.17, 15) is 13.9 Å². The molecule has 1 N–H and O–H groups in total. The normalized spacial score (nSPS) is 11.1. The van der Waals surface area contributed by atoms with E-state index in [1.807, 2.05) is 0 Å². The highest BCUT2D eigenvalue weighted by Crippen LogP contribution is 2.24. The summed E-state index contributed by atoms with van der Waals surface area (Å²) in [5, 5.41) is 9.46. The second-order valence-corrected chi connectivity index (χ2v) is 5.85. The minimum Gasteiger partial charge on any atom is -0.471 e. The van der Waals surface area contributed by atoms with Crippen molar-refractivity contribution in [1.82, 2.24) is 19.4 Å². The van der Waals surface area contributed by atoms with E-state index in [-0.39, 0.29) is 13.2 Å². The Labute approximate surface area is 152 Å². The van der Waals surface area contributed by atoms with Gasteiger partial charge >= 0.3 is 0 Å². The molecule has 0 aliphatic rings. The maximum Gasteiger partial charge on any atom is 0.234 e. The first-order valence-electron chi connectivity index (χ1n) is 8.10. The Bertz CT molecular complexity index is 1100. The summed E-state index contributed by atoms with van der Waals surface area (Å²) in [6, 6.07) is 6.93. The Kier molecular flexibility index (Phi) is 4.47. The van der Waals surface area contributed by atoms with Gasteiger partial charge in [0, 0.05) is 30.2 Å². The molecule has 27 heavy (non-hydrogen) atoms. The number of aliphatic hydroxyl groups is 1. The molecule has 6 nitrogen and oxygen atoms in total. The molecule has 0 atom stereocenters. The molecular weight excluding hydrogens is 354 g/mol. The third kappa shape index (κ3) is 3.61. The van der Waals surface area contributed by atoms with Crippen LogP contribution in [0.5, 0.6) is 5.88 Å². The molecule has 3 heterocycles. The molecule has 0 aliphatic heterocycles. The van der Waals surface area contributed by atoms with Gasteiger partial charge in [0.25, 0.3) is 0 Å². The van der Waals surface area contributed by atoms with Crippen molar-refractivity contribution < 1.29 is 18.6 Å². The van der Waals surface area contributed by atoms with Crippen molar-refractivity contribution >= 4 is 5.78 Å². The minimum absolute atomic E-state index is 0.149. The lowest BCUT2D eigenvalue weighted by molar-refractivity contribution is 0.282. The van der Waals surface area contributed by atoms with Gasteiger partial charge in [-0.2, -0.15) is 0 Å². The van der Waals surface area contributed by atoms with Crippen molar-refractivity contribution in [3.63, 3.8) is 0 Å². The number of benzene rings is 1. The van der Waals surface area contributed by atoms with Crippen LogP contribution in [-0.4, -0.2) is 24.5 Å². The van der Waals surface area contributed by atoms with Crippen molar-refractivity contribution in [2.24, 2.45) is 0 Å². The summed E-state index contributed by atoms with van der Waals surface area (Å²) in [6.45, 7) is -0.130. The zero-order chi connectivity index (χ0) is 18.8. The van der Waals surface area contributed by atoms with Crippen LogP contribution in [0.25, 0.3) is 16.9 Å². The van der Waals surface area contributed by atoms with Gasteiger partial charge in [-0.05, 0) is 29.3 Å². The molecule has 136 valence electrons.